The van der Waals surface area contributed by atoms with Crippen LogP contribution in [0.3, 0.4) is 0 Å². The predicted octanol–water partition coefficient (Wildman–Crippen LogP) is 13.2. The van der Waals surface area contributed by atoms with E-state index < -0.39 is 0 Å². The summed E-state index contributed by atoms with van der Waals surface area (Å²) in [4.78, 5) is 20.3. The Labute approximate surface area is 334 Å². The molecule has 11 aromatic rings. The van der Waals surface area contributed by atoms with Crippen LogP contribution >= 0.6 is 0 Å². The highest BCUT2D eigenvalue weighted by atomic mass is 14.9. The molecule has 0 bridgehead atoms. The highest BCUT2D eigenvalue weighted by Crippen LogP contribution is 2.44. The SMILES string of the molecule is N#Cc1ccc(-c2ccc(-c3cc4c5cccnc5c(-c5cccc(-c6nc(-c7ccccc7)c7ccccc7n6)c5)cc4c4cccnc34)c3ccccc23)cc1. The van der Waals surface area contributed by atoms with Gasteiger partial charge in [0.1, 0.15) is 0 Å². The van der Waals surface area contributed by atoms with Gasteiger partial charge in [0, 0.05) is 50.8 Å². The summed E-state index contributed by atoms with van der Waals surface area (Å²) in [5.41, 5.74) is 12.7. The first-order valence-corrected chi connectivity index (χ1v) is 19.3. The van der Waals surface area contributed by atoms with Crippen molar-refractivity contribution in [1.82, 2.24) is 19.9 Å². The topological polar surface area (TPSA) is 75.3 Å². The van der Waals surface area contributed by atoms with Crippen molar-refractivity contribution in [3.63, 3.8) is 0 Å². The second-order valence-corrected chi connectivity index (χ2v) is 14.5. The van der Waals surface area contributed by atoms with E-state index in [1.165, 1.54) is 0 Å². The van der Waals surface area contributed by atoms with Crippen molar-refractivity contribution in [2.75, 3.05) is 0 Å². The molecule has 0 aliphatic rings. The lowest BCUT2D eigenvalue weighted by Crippen LogP contribution is -1.96. The minimum Gasteiger partial charge on any atom is -0.256 e. The van der Waals surface area contributed by atoms with E-state index in [1.807, 2.05) is 79.1 Å². The smallest absolute Gasteiger partial charge is 0.160 e. The van der Waals surface area contributed by atoms with Crippen molar-refractivity contribution in [2.24, 2.45) is 0 Å². The number of benzene rings is 8. The van der Waals surface area contributed by atoms with Crippen LogP contribution in [0.25, 0.3) is 110 Å². The number of hydrogen-bond acceptors (Lipinski definition) is 5. The van der Waals surface area contributed by atoms with Gasteiger partial charge in [-0.3, -0.25) is 9.97 Å². The van der Waals surface area contributed by atoms with Crippen molar-refractivity contribution in [2.45, 2.75) is 0 Å². The standard InChI is InChI=1S/C53H31N5/c54-32-33-21-23-34(24-22-33)38-25-26-41(40-16-5-4-15-39(38)40)48-31-47-42-18-9-27-55-51(42)45(30-46(47)43-19-10-28-56-52(43)48)36-13-8-14-37(29-36)53-57-49-20-7-6-17-44(49)50(58-53)35-11-2-1-3-12-35/h1-31H. The van der Waals surface area contributed by atoms with Crippen molar-refractivity contribution < 1.29 is 0 Å². The highest BCUT2D eigenvalue weighted by molar-refractivity contribution is 6.23. The molecule has 8 aromatic carbocycles. The minimum absolute atomic E-state index is 0.646. The summed E-state index contributed by atoms with van der Waals surface area (Å²) in [7, 11) is 0. The fraction of sp³-hybridized carbons (Fsp3) is 0. The first kappa shape index (κ1) is 33.3. The third-order valence-electron chi connectivity index (χ3n) is 11.2. The number of nitrogens with zero attached hydrogens (tertiary/aromatic N) is 5. The molecule has 268 valence electrons. The molecule has 0 saturated carbocycles. The highest BCUT2D eigenvalue weighted by Gasteiger charge is 2.19. The van der Waals surface area contributed by atoms with E-state index in [1.54, 1.807) is 0 Å². The zero-order valence-corrected chi connectivity index (χ0v) is 31.1. The Balaban J connectivity index is 1.11. The second kappa shape index (κ2) is 13.6. The van der Waals surface area contributed by atoms with Crippen molar-refractivity contribution in [3.8, 4) is 62.1 Å². The van der Waals surface area contributed by atoms with Crippen LogP contribution in [-0.4, -0.2) is 19.9 Å². The van der Waals surface area contributed by atoms with Crippen molar-refractivity contribution in [3.05, 3.63) is 194 Å². The first-order valence-electron chi connectivity index (χ1n) is 19.3. The fourth-order valence-corrected chi connectivity index (χ4v) is 8.48. The Kier molecular flexibility index (Phi) is 7.80. The number of pyridine rings is 2. The van der Waals surface area contributed by atoms with Crippen LogP contribution in [-0.2, 0) is 0 Å². The van der Waals surface area contributed by atoms with Gasteiger partial charge in [-0.1, -0.05) is 127 Å². The molecule has 0 aliphatic carbocycles. The molecule has 0 spiro atoms. The zero-order chi connectivity index (χ0) is 38.6. The molecule has 0 atom stereocenters. The molecule has 0 amide bonds. The predicted molar refractivity (Wildman–Crippen MR) is 237 cm³/mol. The number of fused-ring (bicyclic) bond motifs is 7. The zero-order valence-electron chi connectivity index (χ0n) is 31.1. The molecular weight excluding hydrogens is 707 g/mol. The van der Waals surface area contributed by atoms with Crippen LogP contribution in [0.5, 0.6) is 0 Å². The van der Waals surface area contributed by atoms with E-state index in [0.29, 0.717) is 11.4 Å². The van der Waals surface area contributed by atoms with E-state index in [4.69, 9.17) is 19.9 Å². The maximum absolute atomic E-state index is 9.39. The molecule has 0 saturated heterocycles. The van der Waals surface area contributed by atoms with E-state index in [0.717, 1.165) is 104 Å². The van der Waals surface area contributed by atoms with Gasteiger partial charge >= 0.3 is 0 Å². The molecule has 11 rings (SSSR count). The summed E-state index contributed by atoms with van der Waals surface area (Å²) < 4.78 is 0. The number of hydrogen-bond donors (Lipinski definition) is 0. The Bertz CT molecular complexity index is 3460. The summed E-state index contributed by atoms with van der Waals surface area (Å²) in [6, 6.07) is 63.0. The van der Waals surface area contributed by atoms with Gasteiger partial charge in [-0.25, -0.2) is 9.97 Å². The summed E-state index contributed by atoms with van der Waals surface area (Å²) >= 11 is 0. The number of rotatable bonds is 5. The first-order chi connectivity index (χ1) is 28.7. The van der Waals surface area contributed by atoms with Gasteiger partial charge in [0.2, 0.25) is 0 Å². The van der Waals surface area contributed by atoms with Gasteiger partial charge in [0.15, 0.2) is 5.82 Å². The van der Waals surface area contributed by atoms with Gasteiger partial charge in [-0.05, 0) is 92.3 Å². The normalized spacial score (nSPS) is 11.4. The van der Waals surface area contributed by atoms with E-state index in [9.17, 15) is 5.26 Å². The Morgan fingerprint density at radius 1 is 0.362 bits per heavy atom. The van der Waals surface area contributed by atoms with Crippen LogP contribution in [0.1, 0.15) is 5.56 Å². The summed E-state index contributed by atoms with van der Waals surface area (Å²) in [5.74, 6) is 0.675. The van der Waals surface area contributed by atoms with Crippen LogP contribution < -0.4 is 0 Å². The third kappa shape index (κ3) is 5.47. The Morgan fingerprint density at radius 2 is 0.948 bits per heavy atom. The van der Waals surface area contributed by atoms with Crippen LogP contribution in [0.15, 0.2) is 188 Å². The van der Waals surface area contributed by atoms with Gasteiger partial charge in [-0.15, -0.1) is 0 Å². The maximum Gasteiger partial charge on any atom is 0.160 e. The Hall–Kier alpha value is -8.07. The molecule has 0 aliphatic heterocycles. The number of nitriles is 1. The quantitative estimate of drug-likeness (QED) is 0.164. The van der Waals surface area contributed by atoms with Gasteiger partial charge in [-0.2, -0.15) is 5.26 Å². The van der Waals surface area contributed by atoms with E-state index in [2.05, 4.69) is 115 Å². The molecule has 3 heterocycles. The fourth-order valence-electron chi connectivity index (χ4n) is 8.48. The average molecular weight is 738 g/mol. The molecule has 0 radical (unpaired) electrons. The average Bonchev–Trinajstić information content (AvgIpc) is 3.30. The summed E-state index contributed by atoms with van der Waals surface area (Å²) in [6.07, 6.45) is 3.75. The van der Waals surface area contributed by atoms with Gasteiger partial charge < -0.3 is 0 Å². The molecule has 0 N–H and O–H groups in total. The lowest BCUT2D eigenvalue weighted by molar-refractivity contribution is 1.23. The van der Waals surface area contributed by atoms with Crippen LogP contribution in [0.4, 0.5) is 0 Å². The molecule has 0 fully saturated rings. The maximum atomic E-state index is 9.39. The monoisotopic (exact) mass is 737 g/mol. The van der Waals surface area contributed by atoms with Gasteiger partial charge in [0.25, 0.3) is 0 Å². The van der Waals surface area contributed by atoms with Crippen molar-refractivity contribution in [1.29, 1.82) is 5.26 Å². The minimum atomic E-state index is 0.646. The van der Waals surface area contributed by atoms with Crippen molar-refractivity contribution >= 4 is 54.3 Å². The third-order valence-corrected chi connectivity index (χ3v) is 11.2. The molecule has 5 heteroatoms. The number of aromatic nitrogens is 4. The lowest BCUT2D eigenvalue weighted by atomic mass is 9.88. The van der Waals surface area contributed by atoms with Gasteiger partial charge in [0.05, 0.1) is 33.9 Å². The molecule has 5 nitrogen and oxygen atoms in total. The summed E-state index contributed by atoms with van der Waals surface area (Å²) in [5, 5.41) is 17.1. The van der Waals surface area contributed by atoms with Crippen LogP contribution in [0.2, 0.25) is 0 Å². The van der Waals surface area contributed by atoms with E-state index >= 15 is 0 Å². The molecule has 0 unspecified atom stereocenters. The lowest BCUT2D eigenvalue weighted by Gasteiger charge is -2.17. The van der Waals surface area contributed by atoms with Crippen LogP contribution in [0, 0.1) is 11.3 Å². The van der Waals surface area contributed by atoms with E-state index in [-0.39, 0.29) is 0 Å². The largest absolute Gasteiger partial charge is 0.256 e. The molecular formula is C53H31N5. The molecule has 58 heavy (non-hydrogen) atoms. The number of para-hydroxylation sites is 1. The second-order valence-electron chi connectivity index (χ2n) is 14.5. The molecule has 3 aromatic heterocycles. The Morgan fingerprint density at radius 3 is 1.69 bits per heavy atom. The summed E-state index contributed by atoms with van der Waals surface area (Å²) in [6.45, 7) is 0.